The van der Waals surface area contributed by atoms with Gasteiger partial charge < -0.3 is 10.1 Å². The fraction of sp³-hybridized carbons (Fsp3) is 0.552. The van der Waals surface area contributed by atoms with Gasteiger partial charge in [0, 0.05) is 12.6 Å². The number of benzene rings is 2. The van der Waals surface area contributed by atoms with Crippen molar-refractivity contribution in [2.45, 2.75) is 77.0 Å². The first-order valence-corrected chi connectivity index (χ1v) is 12.8. The average molecular weight is 467 g/mol. The summed E-state index contributed by atoms with van der Waals surface area (Å²) in [4.78, 5) is 15.1. The predicted molar refractivity (Wildman–Crippen MR) is 134 cm³/mol. The Balaban J connectivity index is 1.48. The Morgan fingerprint density at radius 3 is 2.47 bits per heavy atom. The Hall–Kier alpha value is -2.40. The minimum Gasteiger partial charge on any atom is -0.444 e. The first-order chi connectivity index (χ1) is 16.3. The van der Waals surface area contributed by atoms with Crippen LogP contribution in [0.5, 0.6) is 0 Å². The number of amides is 1. The third-order valence-electron chi connectivity index (χ3n) is 7.36. The van der Waals surface area contributed by atoms with Gasteiger partial charge in [-0.1, -0.05) is 48.9 Å². The number of carbonyl (C=O) groups is 1. The summed E-state index contributed by atoms with van der Waals surface area (Å²) in [6.07, 6.45) is 4.89. The number of hydrogen-bond acceptors (Lipinski definition) is 3. The molecule has 2 aliphatic rings. The largest absolute Gasteiger partial charge is 0.444 e. The summed E-state index contributed by atoms with van der Waals surface area (Å²) in [6.45, 7) is 8.72. The van der Waals surface area contributed by atoms with Gasteiger partial charge in [-0.2, -0.15) is 0 Å². The van der Waals surface area contributed by atoms with Gasteiger partial charge in [0.15, 0.2) is 0 Å². The molecule has 1 saturated carbocycles. The standard InChI is InChI=1S/C29H39FN2O2/c1-29(2,3)34-28(33)31-26-14-8-13-25(26)27(23-11-7-12-24(30)19-23)22-15-17-32(18-16-22)20-21-9-5-4-6-10-21/h4-7,9-12,19,22,25-27H,8,13-18,20H2,1-3H3,(H,31,33). The molecule has 4 nitrogen and oxygen atoms in total. The lowest BCUT2D eigenvalue weighted by molar-refractivity contribution is 0.0478. The summed E-state index contributed by atoms with van der Waals surface area (Å²) in [6, 6.07) is 17.8. The SMILES string of the molecule is CC(C)(C)OC(=O)NC1CCCC1C(c1cccc(F)c1)C1CCN(Cc2ccccc2)CC1. The van der Waals surface area contributed by atoms with Gasteiger partial charge in [-0.25, -0.2) is 9.18 Å². The molecule has 3 atom stereocenters. The van der Waals surface area contributed by atoms with Crippen molar-refractivity contribution < 1.29 is 13.9 Å². The highest BCUT2D eigenvalue weighted by molar-refractivity contribution is 5.68. The van der Waals surface area contributed by atoms with Gasteiger partial charge in [0.2, 0.25) is 0 Å². The summed E-state index contributed by atoms with van der Waals surface area (Å²) in [5.74, 6) is 0.815. The molecule has 34 heavy (non-hydrogen) atoms. The third kappa shape index (κ3) is 6.59. The van der Waals surface area contributed by atoms with Gasteiger partial charge in [-0.15, -0.1) is 0 Å². The van der Waals surface area contributed by atoms with Crippen LogP contribution in [0.15, 0.2) is 54.6 Å². The highest BCUT2D eigenvalue weighted by atomic mass is 19.1. The smallest absolute Gasteiger partial charge is 0.407 e. The topological polar surface area (TPSA) is 41.6 Å². The first kappa shape index (κ1) is 24.7. The summed E-state index contributed by atoms with van der Waals surface area (Å²) < 4.78 is 19.8. The monoisotopic (exact) mass is 466 g/mol. The van der Waals surface area contributed by atoms with Crippen molar-refractivity contribution >= 4 is 6.09 Å². The molecule has 2 aromatic carbocycles. The molecule has 1 aliphatic carbocycles. The Labute approximate surface area is 203 Å². The maximum atomic E-state index is 14.3. The van der Waals surface area contributed by atoms with E-state index in [0.717, 1.165) is 57.3 Å². The Kier molecular flexibility index (Phi) is 7.92. The average Bonchev–Trinajstić information content (AvgIpc) is 3.22. The number of nitrogens with one attached hydrogen (secondary N) is 1. The van der Waals surface area contributed by atoms with Gasteiger partial charge in [0.1, 0.15) is 11.4 Å². The second kappa shape index (κ2) is 10.9. The number of rotatable bonds is 6. The Bertz CT molecular complexity index is 935. The molecular formula is C29H39FN2O2. The van der Waals surface area contributed by atoms with Crippen LogP contribution in [0.25, 0.3) is 0 Å². The van der Waals surface area contributed by atoms with Crippen LogP contribution in [0.1, 0.15) is 69.9 Å². The van der Waals surface area contributed by atoms with Crippen LogP contribution >= 0.6 is 0 Å². The number of halogens is 1. The molecule has 1 aliphatic heterocycles. The van der Waals surface area contributed by atoms with E-state index in [1.54, 1.807) is 6.07 Å². The van der Waals surface area contributed by atoms with Crippen molar-refractivity contribution in [1.82, 2.24) is 10.2 Å². The number of hydrogen-bond donors (Lipinski definition) is 1. The summed E-state index contributed by atoms with van der Waals surface area (Å²) in [5.41, 5.74) is 1.90. The van der Waals surface area contributed by atoms with Crippen LogP contribution in [0.3, 0.4) is 0 Å². The fourth-order valence-corrected chi connectivity index (χ4v) is 5.95. The van der Waals surface area contributed by atoms with Gasteiger partial charge in [0.25, 0.3) is 0 Å². The molecule has 4 rings (SSSR count). The first-order valence-electron chi connectivity index (χ1n) is 12.8. The van der Waals surface area contributed by atoms with E-state index in [-0.39, 0.29) is 23.9 Å². The fourth-order valence-electron chi connectivity index (χ4n) is 5.95. The number of alkyl carbamates (subject to hydrolysis) is 1. The van der Waals surface area contributed by atoms with Crippen LogP contribution in [0.2, 0.25) is 0 Å². The maximum Gasteiger partial charge on any atom is 0.407 e. The van der Waals surface area contributed by atoms with E-state index < -0.39 is 5.60 Å². The van der Waals surface area contributed by atoms with Crippen LogP contribution in [0.4, 0.5) is 9.18 Å². The lowest BCUT2D eigenvalue weighted by Gasteiger charge is -2.40. The molecule has 0 aromatic heterocycles. The molecule has 5 heteroatoms. The van der Waals surface area contributed by atoms with Crippen molar-refractivity contribution in [3.05, 3.63) is 71.5 Å². The summed E-state index contributed by atoms with van der Waals surface area (Å²) in [5, 5.41) is 3.17. The Morgan fingerprint density at radius 2 is 1.79 bits per heavy atom. The highest BCUT2D eigenvalue weighted by Crippen LogP contribution is 2.45. The number of carbonyl (C=O) groups excluding carboxylic acids is 1. The molecule has 1 saturated heterocycles. The maximum absolute atomic E-state index is 14.3. The van der Waals surface area contributed by atoms with Crippen LogP contribution in [-0.2, 0) is 11.3 Å². The van der Waals surface area contributed by atoms with E-state index in [4.69, 9.17) is 4.74 Å². The molecule has 2 fully saturated rings. The van der Waals surface area contributed by atoms with Crippen molar-refractivity contribution in [3.8, 4) is 0 Å². The molecule has 0 bridgehead atoms. The van der Waals surface area contributed by atoms with Crippen LogP contribution in [0, 0.1) is 17.7 Å². The van der Waals surface area contributed by atoms with E-state index in [1.165, 1.54) is 11.6 Å². The number of piperidine rings is 1. The van der Waals surface area contributed by atoms with Crippen LogP contribution in [-0.4, -0.2) is 35.7 Å². The van der Waals surface area contributed by atoms with E-state index in [0.29, 0.717) is 11.8 Å². The van der Waals surface area contributed by atoms with E-state index in [2.05, 4.69) is 46.6 Å². The van der Waals surface area contributed by atoms with E-state index >= 15 is 0 Å². The normalized spacial score (nSPS) is 22.9. The number of nitrogens with zero attached hydrogens (tertiary/aromatic N) is 1. The molecular weight excluding hydrogens is 427 g/mol. The zero-order chi connectivity index (χ0) is 24.1. The second-order valence-corrected chi connectivity index (χ2v) is 11.0. The van der Waals surface area contributed by atoms with Gasteiger partial charge in [0.05, 0.1) is 0 Å². The molecule has 1 heterocycles. The molecule has 0 radical (unpaired) electrons. The second-order valence-electron chi connectivity index (χ2n) is 11.0. The highest BCUT2D eigenvalue weighted by Gasteiger charge is 2.40. The van der Waals surface area contributed by atoms with E-state index in [9.17, 15) is 9.18 Å². The number of ether oxygens (including phenoxy) is 1. The lowest BCUT2D eigenvalue weighted by Crippen LogP contribution is -2.44. The van der Waals surface area contributed by atoms with Crippen molar-refractivity contribution in [1.29, 1.82) is 0 Å². The van der Waals surface area contributed by atoms with Gasteiger partial charge in [-0.05, 0) is 101 Å². The minimum absolute atomic E-state index is 0.0606. The zero-order valence-corrected chi connectivity index (χ0v) is 20.8. The quantitative estimate of drug-likeness (QED) is 0.527. The number of likely N-dealkylation sites (tertiary alicyclic amines) is 1. The van der Waals surface area contributed by atoms with Crippen molar-refractivity contribution in [2.24, 2.45) is 11.8 Å². The van der Waals surface area contributed by atoms with Crippen molar-refractivity contribution in [3.63, 3.8) is 0 Å². The third-order valence-corrected chi connectivity index (χ3v) is 7.36. The van der Waals surface area contributed by atoms with Gasteiger partial charge >= 0.3 is 6.09 Å². The molecule has 0 spiro atoms. The Morgan fingerprint density at radius 1 is 1.06 bits per heavy atom. The lowest BCUT2D eigenvalue weighted by atomic mass is 9.71. The summed E-state index contributed by atoms with van der Waals surface area (Å²) in [7, 11) is 0. The molecule has 2 aromatic rings. The molecule has 3 unspecified atom stereocenters. The van der Waals surface area contributed by atoms with Gasteiger partial charge in [-0.3, -0.25) is 4.90 Å². The minimum atomic E-state index is -0.522. The van der Waals surface area contributed by atoms with Crippen molar-refractivity contribution in [2.75, 3.05) is 13.1 Å². The zero-order valence-electron chi connectivity index (χ0n) is 20.8. The molecule has 1 N–H and O–H groups in total. The molecule has 184 valence electrons. The molecule has 1 amide bonds. The van der Waals surface area contributed by atoms with Crippen LogP contribution < -0.4 is 5.32 Å². The summed E-state index contributed by atoms with van der Waals surface area (Å²) >= 11 is 0. The predicted octanol–water partition coefficient (Wildman–Crippen LogP) is 6.51. The van der Waals surface area contributed by atoms with E-state index in [1.807, 2.05) is 26.8 Å².